The predicted octanol–water partition coefficient (Wildman–Crippen LogP) is 3.30. The Morgan fingerprint density at radius 2 is 1.83 bits per heavy atom. The van der Waals surface area contributed by atoms with E-state index >= 15 is 0 Å². The number of anilines is 1. The van der Waals surface area contributed by atoms with Gasteiger partial charge in [0.05, 0.1) is 5.92 Å². The Morgan fingerprint density at radius 1 is 1.11 bits per heavy atom. The lowest BCUT2D eigenvalue weighted by Gasteiger charge is -2.30. The maximum atomic E-state index is 13.4. The third-order valence-electron chi connectivity index (χ3n) is 6.08. The summed E-state index contributed by atoms with van der Waals surface area (Å²) < 4.78 is 19.4. The van der Waals surface area contributed by atoms with Crippen molar-refractivity contribution in [2.45, 2.75) is 51.8 Å². The van der Waals surface area contributed by atoms with Crippen molar-refractivity contribution in [2.24, 2.45) is 5.41 Å². The van der Waals surface area contributed by atoms with E-state index in [-0.39, 0.29) is 23.8 Å². The number of ether oxygens (including phenoxy) is 1. The fourth-order valence-corrected chi connectivity index (χ4v) is 4.22. The van der Waals surface area contributed by atoms with Crippen LogP contribution in [0.25, 0.3) is 0 Å². The fourth-order valence-electron chi connectivity index (χ4n) is 4.22. The number of amides is 2. The van der Waals surface area contributed by atoms with Crippen molar-refractivity contribution < 1.29 is 28.6 Å². The first kappa shape index (κ1) is 24.3. The number of carbonyl (C=O) groups excluding carboxylic acids is 2. The SMILES string of the molecule is CC(C)(C)C1NC(=O)CCc2ccc3c(c2)C(/C=C(\C(=O)O)NC1=O)[C@H](Nc1ccc(F)cc1)O3. The Hall–Kier alpha value is -3.88. The molecule has 0 spiro atoms. The van der Waals surface area contributed by atoms with Crippen LogP contribution in [-0.4, -0.2) is 35.2 Å². The molecule has 3 atom stereocenters. The Balaban J connectivity index is 1.77. The minimum atomic E-state index is -1.32. The molecule has 0 radical (unpaired) electrons. The quantitative estimate of drug-likeness (QED) is 0.535. The molecular weight excluding hydrogens is 453 g/mol. The van der Waals surface area contributed by atoms with E-state index in [1.165, 1.54) is 18.2 Å². The fraction of sp³-hybridized carbons (Fsp3) is 0.346. The number of benzene rings is 2. The normalized spacial score (nSPS) is 23.9. The second kappa shape index (κ2) is 9.40. The average molecular weight is 482 g/mol. The monoisotopic (exact) mass is 481 g/mol. The summed E-state index contributed by atoms with van der Waals surface area (Å²) in [5, 5.41) is 18.3. The van der Waals surface area contributed by atoms with E-state index < -0.39 is 35.5 Å². The van der Waals surface area contributed by atoms with Gasteiger partial charge in [-0.05, 0) is 53.8 Å². The minimum Gasteiger partial charge on any atom is -0.477 e. The summed E-state index contributed by atoms with van der Waals surface area (Å²) in [6.07, 6.45) is 1.34. The molecule has 2 aromatic rings. The van der Waals surface area contributed by atoms with Gasteiger partial charge in [-0.1, -0.05) is 32.9 Å². The maximum Gasteiger partial charge on any atom is 0.352 e. The van der Waals surface area contributed by atoms with E-state index in [1.807, 2.05) is 12.1 Å². The van der Waals surface area contributed by atoms with Gasteiger partial charge >= 0.3 is 5.97 Å². The minimum absolute atomic E-state index is 0.167. The molecule has 0 aromatic heterocycles. The number of hydrogen-bond donors (Lipinski definition) is 4. The lowest BCUT2D eigenvalue weighted by molar-refractivity contribution is -0.136. The first-order valence-electron chi connectivity index (χ1n) is 11.4. The van der Waals surface area contributed by atoms with E-state index in [0.29, 0.717) is 17.9 Å². The van der Waals surface area contributed by atoms with E-state index in [4.69, 9.17) is 4.74 Å². The number of halogens is 1. The molecule has 4 rings (SSSR count). The van der Waals surface area contributed by atoms with Gasteiger partial charge in [0.25, 0.3) is 0 Å². The molecular formula is C26H28FN3O5. The molecule has 35 heavy (non-hydrogen) atoms. The van der Waals surface area contributed by atoms with Crippen LogP contribution in [0.15, 0.2) is 54.2 Å². The molecule has 2 amide bonds. The molecule has 0 fully saturated rings. The van der Waals surface area contributed by atoms with E-state index in [1.54, 1.807) is 39.0 Å². The maximum absolute atomic E-state index is 13.4. The largest absolute Gasteiger partial charge is 0.477 e. The number of aryl methyl sites for hydroxylation is 1. The molecule has 2 aromatic carbocycles. The number of nitrogens with one attached hydrogen (secondary N) is 3. The van der Waals surface area contributed by atoms with Crippen molar-refractivity contribution in [1.29, 1.82) is 0 Å². The van der Waals surface area contributed by atoms with Gasteiger partial charge in [-0.15, -0.1) is 0 Å². The summed E-state index contributed by atoms with van der Waals surface area (Å²) >= 11 is 0. The number of hydrogen-bond acceptors (Lipinski definition) is 5. The Labute approximate surface area is 202 Å². The van der Waals surface area contributed by atoms with Crippen LogP contribution in [0.4, 0.5) is 10.1 Å². The first-order chi connectivity index (χ1) is 16.5. The zero-order valence-corrected chi connectivity index (χ0v) is 19.7. The number of carboxylic acids is 1. The summed E-state index contributed by atoms with van der Waals surface area (Å²) in [4.78, 5) is 37.9. The van der Waals surface area contributed by atoms with Crippen LogP contribution in [0, 0.1) is 11.2 Å². The van der Waals surface area contributed by atoms with Crippen LogP contribution in [0.1, 0.15) is 44.2 Å². The third-order valence-corrected chi connectivity index (χ3v) is 6.08. The Morgan fingerprint density at radius 3 is 2.49 bits per heavy atom. The smallest absolute Gasteiger partial charge is 0.352 e. The van der Waals surface area contributed by atoms with Crippen molar-refractivity contribution >= 4 is 23.5 Å². The Kier molecular flexibility index (Phi) is 6.51. The molecule has 2 aliphatic heterocycles. The first-order valence-corrected chi connectivity index (χ1v) is 11.4. The van der Waals surface area contributed by atoms with Gasteiger partial charge in [0.15, 0.2) is 6.23 Å². The van der Waals surface area contributed by atoms with Gasteiger partial charge < -0.3 is 25.8 Å². The van der Waals surface area contributed by atoms with Gasteiger partial charge in [-0.2, -0.15) is 0 Å². The van der Waals surface area contributed by atoms with Gasteiger partial charge in [0.1, 0.15) is 23.3 Å². The van der Waals surface area contributed by atoms with Crippen molar-refractivity contribution in [3.05, 3.63) is 71.2 Å². The summed E-state index contributed by atoms with van der Waals surface area (Å²) in [7, 11) is 0. The predicted molar refractivity (Wildman–Crippen MR) is 127 cm³/mol. The van der Waals surface area contributed by atoms with Gasteiger partial charge in [0, 0.05) is 17.7 Å². The van der Waals surface area contributed by atoms with Crippen molar-refractivity contribution in [3.8, 4) is 5.75 Å². The molecule has 2 bridgehead atoms. The molecule has 184 valence electrons. The lowest BCUT2D eigenvalue weighted by atomic mass is 9.86. The second-order valence-corrected chi connectivity index (χ2v) is 9.83. The molecule has 4 N–H and O–H groups in total. The Bertz CT molecular complexity index is 1190. The van der Waals surface area contributed by atoms with Crippen LogP contribution in [0.3, 0.4) is 0 Å². The lowest BCUT2D eigenvalue weighted by Crippen LogP contribution is -2.53. The van der Waals surface area contributed by atoms with Crippen LogP contribution in [0.2, 0.25) is 0 Å². The van der Waals surface area contributed by atoms with E-state index in [0.717, 1.165) is 11.1 Å². The highest BCUT2D eigenvalue weighted by atomic mass is 19.1. The van der Waals surface area contributed by atoms with Crippen molar-refractivity contribution in [3.63, 3.8) is 0 Å². The number of carbonyl (C=O) groups is 3. The number of rotatable bonds is 3. The number of carboxylic acid groups (broad SMARTS) is 1. The molecule has 0 aliphatic carbocycles. The van der Waals surface area contributed by atoms with Crippen LogP contribution in [0.5, 0.6) is 5.75 Å². The van der Waals surface area contributed by atoms with Crippen LogP contribution >= 0.6 is 0 Å². The molecule has 2 aliphatic rings. The summed E-state index contributed by atoms with van der Waals surface area (Å²) in [5.41, 5.74) is 1.21. The molecule has 0 saturated carbocycles. The van der Waals surface area contributed by atoms with Gasteiger partial charge in [-0.25, -0.2) is 9.18 Å². The van der Waals surface area contributed by atoms with Crippen LogP contribution < -0.4 is 20.7 Å². The number of aliphatic carboxylic acids is 1. The van der Waals surface area contributed by atoms with E-state index in [2.05, 4.69) is 16.0 Å². The molecule has 8 nitrogen and oxygen atoms in total. The zero-order chi connectivity index (χ0) is 25.3. The standard InChI is InChI=1S/C26H28FN3O5/c1-26(2,3)22-23(32)29-19(25(33)34)13-18-17-12-14(5-11-21(31)30-22)4-10-20(17)35-24(18)28-16-8-6-15(27)7-9-16/h4,6-10,12-13,18,22,24,28H,5,11H2,1-3H3,(H,29,32)(H,30,31)(H,33,34)/b19-13+/t18?,22?,24-/m1/s1. The highest BCUT2D eigenvalue weighted by Crippen LogP contribution is 2.41. The highest BCUT2D eigenvalue weighted by Gasteiger charge is 2.37. The highest BCUT2D eigenvalue weighted by molar-refractivity contribution is 5.96. The van der Waals surface area contributed by atoms with E-state index in [9.17, 15) is 23.9 Å². The third kappa shape index (κ3) is 5.45. The average Bonchev–Trinajstić information content (AvgIpc) is 3.12. The number of fused-ring (bicyclic) bond motifs is 1. The van der Waals surface area contributed by atoms with Crippen LogP contribution in [-0.2, 0) is 20.8 Å². The molecule has 0 saturated heterocycles. The molecule has 2 heterocycles. The molecule has 9 heteroatoms. The van der Waals surface area contributed by atoms with Crippen molar-refractivity contribution in [2.75, 3.05) is 5.32 Å². The van der Waals surface area contributed by atoms with Gasteiger partial charge in [-0.3, -0.25) is 9.59 Å². The molecule has 2 unspecified atom stereocenters. The second-order valence-electron chi connectivity index (χ2n) is 9.83. The summed E-state index contributed by atoms with van der Waals surface area (Å²) in [5.74, 6) is -2.66. The van der Waals surface area contributed by atoms with Crippen molar-refractivity contribution in [1.82, 2.24) is 10.6 Å². The zero-order valence-electron chi connectivity index (χ0n) is 19.7. The van der Waals surface area contributed by atoms with Gasteiger partial charge in [0.2, 0.25) is 11.8 Å². The summed E-state index contributed by atoms with van der Waals surface area (Å²) in [6.45, 7) is 5.38. The summed E-state index contributed by atoms with van der Waals surface area (Å²) in [6, 6.07) is 10.3. The topological polar surface area (TPSA) is 117 Å².